The van der Waals surface area contributed by atoms with Gasteiger partial charge in [0.25, 0.3) is 5.91 Å². The average molecular weight is 480 g/mol. The first-order chi connectivity index (χ1) is 17.4. The van der Waals surface area contributed by atoms with Crippen molar-refractivity contribution in [3.8, 4) is 16.9 Å². The van der Waals surface area contributed by atoms with Gasteiger partial charge in [-0.05, 0) is 55.3 Å². The molecule has 0 fully saturated rings. The SMILES string of the molecule is Cc1cc(C)n(-c2cccc(-c3cnc4cc(C(=O)NCc5ccc(CC(=O)O)cc5)ccn34)c2)n1. The van der Waals surface area contributed by atoms with E-state index in [4.69, 9.17) is 5.11 Å². The van der Waals surface area contributed by atoms with Crippen LogP contribution in [0.1, 0.15) is 32.9 Å². The van der Waals surface area contributed by atoms with E-state index in [0.717, 1.165) is 39.5 Å². The largest absolute Gasteiger partial charge is 0.481 e. The molecule has 8 nitrogen and oxygen atoms in total. The molecule has 0 aliphatic heterocycles. The lowest BCUT2D eigenvalue weighted by molar-refractivity contribution is -0.136. The van der Waals surface area contributed by atoms with Gasteiger partial charge in [0.15, 0.2) is 0 Å². The number of benzene rings is 2. The number of hydrogen-bond donors (Lipinski definition) is 2. The van der Waals surface area contributed by atoms with Gasteiger partial charge in [-0.1, -0.05) is 36.4 Å². The molecule has 0 aliphatic carbocycles. The van der Waals surface area contributed by atoms with E-state index >= 15 is 0 Å². The van der Waals surface area contributed by atoms with Crippen molar-refractivity contribution < 1.29 is 14.7 Å². The number of pyridine rings is 1. The van der Waals surface area contributed by atoms with Crippen molar-refractivity contribution in [3.63, 3.8) is 0 Å². The Morgan fingerprint density at radius 3 is 2.47 bits per heavy atom. The minimum absolute atomic E-state index is 0.0220. The van der Waals surface area contributed by atoms with E-state index in [0.29, 0.717) is 17.8 Å². The van der Waals surface area contributed by atoms with Crippen molar-refractivity contribution in [2.24, 2.45) is 0 Å². The fourth-order valence-electron chi connectivity index (χ4n) is 4.26. The summed E-state index contributed by atoms with van der Waals surface area (Å²) in [5, 5.41) is 16.4. The zero-order chi connectivity index (χ0) is 25.2. The maximum atomic E-state index is 12.8. The van der Waals surface area contributed by atoms with Gasteiger partial charge in [-0.3, -0.25) is 14.0 Å². The van der Waals surface area contributed by atoms with Crippen molar-refractivity contribution in [2.45, 2.75) is 26.8 Å². The first-order valence-electron chi connectivity index (χ1n) is 11.6. The highest BCUT2D eigenvalue weighted by molar-refractivity contribution is 5.95. The molecule has 0 bridgehead atoms. The number of rotatable bonds is 7. The van der Waals surface area contributed by atoms with Crippen molar-refractivity contribution in [2.75, 3.05) is 0 Å². The Bertz CT molecular complexity index is 1580. The Morgan fingerprint density at radius 1 is 0.972 bits per heavy atom. The number of aliphatic carboxylic acids is 1. The van der Waals surface area contributed by atoms with Gasteiger partial charge in [-0.2, -0.15) is 5.10 Å². The second kappa shape index (κ2) is 9.50. The van der Waals surface area contributed by atoms with E-state index in [1.54, 1.807) is 30.5 Å². The van der Waals surface area contributed by atoms with Crippen LogP contribution in [-0.4, -0.2) is 36.1 Å². The number of imidazole rings is 1. The van der Waals surface area contributed by atoms with Crippen LogP contribution in [0.15, 0.2) is 79.1 Å². The smallest absolute Gasteiger partial charge is 0.307 e. The molecule has 2 aromatic carbocycles. The molecule has 36 heavy (non-hydrogen) atoms. The second-order valence-electron chi connectivity index (χ2n) is 8.75. The monoisotopic (exact) mass is 479 g/mol. The third-order valence-corrected chi connectivity index (χ3v) is 6.00. The number of hydrogen-bond acceptors (Lipinski definition) is 4. The van der Waals surface area contributed by atoms with Crippen molar-refractivity contribution in [1.82, 2.24) is 24.5 Å². The predicted octanol–water partition coefficient (Wildman–Crippen LogP) is 4.36. The van der Waals surface area contributed by atoms with Gasteiger partial charge in [0.2, 0.25) is 0 Å². The quantitative estimate of drug-likeness (QED) is 0.361. The molecule has 8 heteroatoms. The van der Waals surface area contributed by atoms with E-state index in [2.05, 4.69) is 21.5 Å². The molecule has 0 aliphatic rings. The Balaban J connectivity index is 1.33. The number of nitrogens with zero attached hydrogens (tertiary/aromatic N) is 4. The summed E-state index contributed by atoms with van der Waals surface area (Å²) in [6, 6.07) is 20.9. The number of aryl methyl sites for hydroxylation is 2. The normalized spacial score (nSPS) is 11.1. The molecule has 5 aromatic rings. The average Bonchev–Trinajstić information content (AvgIpc) is 3.45. The molecule has 0 unspecified atom stereocenters. The summed E-state index contributed by atoms with van der Waals surface area (Å²) in [6.07, 6.45) is 3.63. The number of carboxylic acids is 1. The molecular weight excluding hydrogens is 454 g/mol. The summed E-state index contributed by atoms with van der Waals surface area (Å²) in [6.45, 7) is 4.35. The topological polar surface area (TPSA) is 102 Å². The summed E-state index contributed by atoms with van der Waals surface area (Å²) in [5.41, 5.74) is 7.72. The summed E-state index contributed by atoms with van der Waals surface area (Å²) in [7, 11) is 0. The van der Waals surface area contributed by atoms with Crippen molar-refractivity contribution in [1.29, 1.82) is 0 Å². The molecule has 0 saturated heterocycles. The predicted molar refractivity (Wildman–Crippen MR) is 136 cm³/mol. The lowest BCUT2D eigenvalue weighted by atomic mass is 10.1. The first kappa shape index (κ1) is 23.0. The van der Waals surface area contributed by atoms with Crippen LogP contribution in [-0.2, 0) is 17.8 Å². The Kier molecular flexibility index (Phi) is 6.08. The molecule has 180 valence electrons. The Labute approximate surface area is 207 Å². The number of fused-ring (bicyclic) bond motifs is 1. The summed E-state index contributed by atoms with van der Waals surface area (Å²) in [4.78, 5) is 28.1. The van der Waals surface area contributed by atoms with Gasteiger partial charge in [0.05, 0.1) is 29.7 Å². The number of amides is 1. The fourth-order valence-corrected chi connectivity index (χ4v) is 4.26. The second-order valence-corrected chi connectivity index (χ2v) is 8.75. The summed E-state index contributed by atoms with van der Waals surface area (Å²) in [5.74, 6) is -1.08. The summed E-state index contributed by atoms with van der Waals surface area (Å²) >= 11 is 0. The van der Waals surface area contributed by atoms with Gasteiger partial charge in [-0.15, -0.1) is 0 Å². The Morgan fingerprint density at radius 2 is 1.75 bits per heavy atom. The fraction of sp³-hybridized carbons (Fsp3) is 0.143. The molecule has 0 spiro atoms. The van der Waals surface area contributed by atoms with Gasteiger partial charge >= 0.3 is 5.97 Å². The zero-order valence-electron chi connectivity index (χ0n) is 20.0. The number of carbonyl (C=O) groups excluding carboxylic acids is 1. The number of aromatic nitrogens is 4. The molecule has 0 atom stereocenters. The molecule has 3 heterocycles. The highest BCUT2D eigenvalue weighted by atomic mass is 16.4. The van der Waals surface area contributed by atoms with Crippen LogP contribution < -0.4 is 5.32 Å². The van der Waals surface area contributed by atoms with Gasteiger partial charge in [0, 0.05) is 29.6 Å². The van der Waals surface area contributed by atoms with E-state index in [1.165, 1.54) is 0 Å². The van der Waals surface area contributed by atoms with Gasteiger partial charge in [-0.25, -0.2) is 9.67 Å². The number of carbonyl (C=O) groups is 2. The Hall–Kier alpha value is -4.72. The lowest BCUT2D eigenvalue weighted by Crippen LogP contribution is -2.22. The lowest BCUT2D eigenvalue weighted by Gasteiger charge is -2.09. The first-order valence-corrected chi connectivity index (χ1v) is 11.6. The van der Waals surface area contributed by atoms with Crippen LogP contribution in [0.5, 0.6) is 0 Å². The minimum atomic E-state index is -0.871. The van der Waals surface area contributed by atoms with Crippen LogP contribution in [0, 0.1) is 13.8 Å². The molecule has 3 aromatic heterocycles. The summed E-state index contributed by atoms with van der Waals surface area (Å²) < 4.78 is 3.88. The van der Waals surface area contributed by atoms with E-state index in [1.807, 2.05) is 65.5 Å². The van der Waals surface area contributed by atoms with E-state index in [9.17, 15) is 9.59 Å². The maximum absolute atomic E-state index is 12.8. The third kappa shape index (κ3) is 4.74. The number of nitrogens with one attached hydrogen (secondary N) is 1. The number of carboxylic acid groups (broad SMARTS) is 1. The molecule has 2 N–H and O–H groups in total. The van der Waals surface area contributed by atoms with Crippen LogP contribution >= 0.6 is 0 Å². The van der Waals surface area contributed by atoms with Gasteiger partial charge < -0.3 is 10.4 Å². The van der Waals surface area contributed by atoms with Crippen LogP contribution in [0.25, 0.3) is 22.6 Å². The maximum Gasteiger partial charge on any atom is 0.307 e. The van der Waals surface area contributed by atoms with Crippen molar-refractivity contribution in [3.05, 3.63) is 107 Å². The van der Waals surface area contributed by atoms with Crippen LogP contribution in [0.3, 0.4) is 0 Å². The highest BCUT2D eigenvalue weighted by Crippen LogP contribution is 2.24. The molecule has 1 amide bonds. The molecule has 0 radical (unpaired) electrons. The standard InChI is InChI=1S/C28H25N5O3/c1-18-12-19(2)33(31-18)24-5-3-4-22(14-24)25-17-29-26-15-23(10-11-32(25)26)28(36)30-16-21-8-6-20(7-9-21)13-27(34)35/h3-12,14-15,17H,13,16H2,1-2H3,(H,30,36)(H,34,35). The van der Waals surface area contributed by atoms with Crippen molar-refractivity contribution >= 4 is 17.5 Å². The van der Waals surface area contributed by atoms with Crippen LogP contribution in [0.4, 0.5) is 0 Å². The van der Waals surface area contributed by atoms with Crippen LogP contribution in [0.2, 0.25) is 0 Å². The third-order valence-electron chi connectivity index (χ3n) is 6.00. The van der Waals surface area contributed by atoms with E-state index in [-0.39, 0.29) is 12.3 Å². The molecule has 5 rings (SSSR count). The van der Waals surface area contributed by atoms with Gasteiger partial charge in [0.1, 0.15) is 5.65 Å². The zero-order valence-corrected chi connectivity index (χ0v) is 20.0. The molecule has 0 saturated carbocycles. The highest BCUT2D eigenvalue weighted by Gasteiger charge is 2.12. The van der Waals surface area contributed by atoms with E-state index < -0.39 is 5.97 Å². The minimum Gasteiger partial charge on any atom is -0.481 e. The molecular formula is C28H25N5O3.